The van der Waals surface area contributed by atoms with Crippen LogP contribution >= 0.6 is 11.3 Å². The summed E-state index contributed by atoms with van der Waals surface area (Å²) >= 11 is 1.54. The highest BCUT2D eigenvalue weighted by Crippen LogP contribution is 2.38. The first-order chi connectivity index (χ1) is 10.7. The van der Waals surface area contributed by atoms with Crippen LogP contribution in [-0.2, 0) is 0 Å². The maximum atomic E-state index is 6.21. The zero-order valence-corrected chi connectivity index (χ0v) is 13.6. The van der Waals surface area contributed by atoms with Crippen LogP contribution in [0.25, 0.3) is 11.3 Å². The van der Waals surface area contributed by atoms with Crippen LogP contribution in [0.4, 0.5) is 15.8 Å². The highest BCUT2D eigenvalue weighted by Gasteiger charge is 2.17. The molecule has 0 aliphatic heterocycles. The summed E-state index contributed by atoms with van der Waals surface area (Å²) in [6, 6.07) is 18.4. The number of hydrogen-bond donors (Lipinski definition) is 1. The molecule has 0 amide bonds. The van der Waals surface area contributed by atoms with E-state index in [4.69, 9.17) is 10.7 Å². The van der Waals surface area contributed by atoms with Crippen LogP contribution < -0.4 is 10.6 Å². The molecule has 3 nitrogen and oxygen atoms in total. The number of benzene rings is 2. The molecule has 0 unspecified atom stereocenters. The lowest BCUT2D eigenvalue weighted by Crippen LogP contribution is -2.16. The lowest BCUT2D eigenvalue weighted by atomic mass is 10.2. The molecule has 0 aliphatic carbocycles. The maximum Gasteiger partial charge on any atom is 0.192 e. The predicted octanol–water partition coefficient (Wildman–Crippen LogP) is 4.86. The summed E-state index contributed by atoms with van der Waals surface area (Å²) < 4.78 is 0. The van der Waals surface area contributed by atoms with E-state index < -0.39 is 0 Å². The third kappa shape index (κ3) is 2.70. The molecule has 0 spiro atoms. The van der Waals surface area contributed by atoms with Crippen LogP contribution in [0.5, 0.6) is 0 Å². The highest BCUT2D eigenvalue weighted by molar-refractivity contribution is 7.20. The van der Waals surface area contributed by atoms with E-state index in [2.05, 4.69) is 43.0 Å². The van der Waals surface area contributed by atoms with Gasteiger partial charge < -0.3 is 10.6 Å². The van der Waals surface area contributed by atoms with Gasteiger partial charge in [0.15, 0.2) is 5.13 Å². The molecule has 0 saturated heterocycles. The molecule has 0 saturated carbocycles. The fourth-order valence-electron chi connectivity index (χ4n) is 2.51. The van der Waals surface area contributed by atoms with Gasteiger partial charge in [0.05, 0.1) is 0 Å². The summed E-state index contributed by atoms with van der Waals surface area (Å²) in [6.45, 7) is 5.10. The number of thiazole rings is 1. The maximum absolute atomic E-state index is 6.21. The van der Waals surface area contributed by atoms with Crippen molar-refractivity contribution in [1.82, 2.24) is 4.98 Å². The Morgan fingerprint density at radius 1 is 1.05 bits per heavy atom. The van der Waals surface area contributed by atoms with E-state index in [1.54, 1.807) is 0 Å². The van der Waals surface area contributed by atoms with Gasteiger partial charge in [0.2, 0.25) is 0 Å². The zero-order chi connectivity index (χ0) is 15.5. The van der Waals surface area contributed by atoms with Crippen molar-refractivity contribution >= 4 is 27.2 Å². The zero-order valence-electron chi connectivity index (χ0n) is 12.8. The second kappa shape index (κ2) is 6.20. The van der Waals surface area contributed by atoms with E-state index in [0.717, 1.165) is 27.9 Å². The molecule has 1 aromatic heterocycles. The number of aromatic nitrogens is 1. The molecule has 0 aliphatic rings. The summed E-state index contributed by atoms with van der Waals surface area (Å²) in [5, 5.41) is 1.70. The Hall–Kier alpha value is -2.33. The largest absolute Gasteiger partial charge is 0.389 e. The quantitative estimate of drug-likeness (QED) is 0.748. The SMILES string of the molecule is CCN(c1nc(-c2ccccc2)c(N)s1)c1ccccc1C. The molecule has 4 heteroatoms. The van der Waals surface area contributed by atoms with E-state index in [9.17, 15) is 0 Å². The van der Waals surface area contributed by atoms with Gasteiger partial charge in [-0.05, 0) is 25.5 Å². The van der Waals surface area contributed by atoms with Crippen LogP contribution in [0.3, 0.4) is 0 Å². The van der Waals surface area contributed by atoms with Crippen LogP contribution in [0.2, 0.25) is 0 Å². The third-order valence-corrected chi connectivity index (χ3v) is 4.55. The van der Waals surface area contributed by atoms with Crippen molar-refractivity contribution in [2.24, 2.45) is 0 Å². The first-order valence-corrected chi connectivity index (χ1v) is 8.17. The fourth-order valence-corrected chi connectivity index (χ4v) is 3.44. The van der Waals surface area contributed by atoms with Crippen molar-refractivity contribution in [2.75, 3.05) is 17.2 Å². The van der Waals surface area contributed by atoms with Crippen molar-refractivity contribution in [3.8, 4) is 11.3 Å². The van der Waals surface area contributed by atoms with Crippen molar-refractivity contribution in [2.45, 2.75) is 13.8 Å². The van der Waals surface area contributed by atoms with Crippen molar-refractivity contribution in [1.29, 1.82) is 0 Å². The second-order valence-electron chi connectivity index (χ2n) is 5.11. The Balaban J connectivity index is 2.03. The van der Waals surface area contributed by atoms with E-state index in [1.165, 1.54) is 22.6 Å². The number of nitrogens with zero attached hydrogens (tertiary/aromatic N) is 2. The lowest BCUT2D eigenvalue weighted by molar-refractivity contribution is 1.00. The number of para-hydroxylation sites is 1. The molecule has 22 heavy (non-hydrogen) atoms. The summed E-state index contributed by atoms with van der Waals surface area (Å²) in [6.07, 6.45) is 0. The van der Waals surface area contributed by atoms with Gasteiger partial charge in [-0.25, -0.2) is 4.98 Å². The molecule has 1 heterocycles. The standard InChI is InChI=1S/C18H19N3S/c1-3-21(15-12-8-7-9-13(15)2)18-20-16(17(19)22-18)14-10-5-4-6-11-14/h4-12H,3,19H2,1-2H3. The predicted molar refractivity (Wildman–Crippen MR) is 95.8 cm³/mol. The minimum Gasteiger partial charge on any atom is -0.389 e. The topological polar surface area (TPSA) is 42.2 Å². The number of anilines is 3. The van der Waals surface area contributed by atoms with Gasteiger partial charge in [0.25, 0.3) is 0 Å². The average molecular weight is 309 g/mol. The Morgan fingerprint density at radius 3 is 2.41 bits per heavy atom. The van der Waals surface area contributed by atoms with Gasteiger partial charge in [-0.3, -0.25) is 0 Å². The number of nitrogens with two attached hydrogens (primary N) is 1. The Morgan fingerprint density at radius 2 is 1.73 bits per heavy atom. The van der Waals surface area contributed by atoms with Crippen molar-refractivity contribution in [3.05, 3.63) is 60.2 Å². The summed E-state index contributed by atoms with van der Waals surface area (Å²) in [5.41, 5.74) is 10.6. The molecule has 0 atom stereocenters. The summed E-state index contributed by atoms with van der Waals surface area (Å²) in [5.74, 6) is 0. The molecular weight excluding hydrogens is 290 g/mol. The normalized spacial score (nSPS) is 10.6. The van der Waals surface area contributed by atoms with Crippen LogP contribution in [0.15, 0.2) is 54.6 Å². The first-order valence-electron chi connectivity index (χ1n) is 7.35. The highest BCUT2D eigenvalue weighted by atomic mass is 32.1. The van der Waals surface area contributed by atoms with Gasteiger partial charge in [-0.2, -0.15) is 0 Å². The smallest absolute Gasteiger partial charge is 0.192 e. The van der Waals surface area contributed by atoms with Gasteiger partial charge in [0.1, 0.15) is 10.7 Å². The van der Waals surface area contributed by atoms with Crippen LogP contribution in [0.1, 0.15) is 12.5 Å². The molecule has 0 bridgehead atoms. The molecule has 0 radical (unpaired) electrons. The van der Waals surface area contributed by atoms with E-state index in [-0.39, 0.29) is 0 Å². The number of rotatable bonds is 4. The minimum atomic E-state index is 0.758. The number of aryl methyl sites for hydroxylation is 1. The number of nitrogen functional groups attached to an aromatic ring is 1. The fraction of sp³-hybridized carbons (Fsp3) is 0.167. The molecule has 3 rings (SSSR count). The molecule has 2 N–H and O–H groups in total. The van der Waals surface area contributed by atoms with Crippen LogP contribution in [-0.4, -0.2) is 11.5 Å². The third-order valence-electron chi connectivity index (χ3n) is 3.64. The van der Waals surface area contributed by atoms with Gasteiger partial charge >= 0.3 is 0 Å². The summed E-state index contributed by atoms with van der Waals surface area (Å²) in [7, 11) is 0. The Labute approximate surface area is 135 Å². The van der Waals surface area contributed by atoms with E-state index in [0.29, 0.717) is 0 Å². The Kier molecular flexibility index (Phi) is 4.11. The second-order valence-corrected chi connectivity index (χ2v) is 6.12. The van der Waals surface area contributed by atoms with Gasteiger partial charge in [-0.15, -0.1) is 0 Å². The number of hydrogen-bond acceptors (Lipinski definition) is 4. The van der Waals surface area contributed by atoms with Crippen molar-refractivity contribution < 1.29 is 0 Å². The van der Waals surface area contributed by atoms with Gasteiger partial charge in [0, 0.05) is 17.8 Å². The molecule has 3 aromatic rings. The molecule has 0 fully saturated rings. The van der Waals surface area contributed by atoms with Gasteiger partial charge in [-0.1, -0.05) is 59.9 Å². The lowest BCUT2D eigenvalue weighted by Gasteiger charge is -2.21. The monoisotopic (exact) mass is 309 g/mol. The molecule has 112 valence electrons. The minimum absolute atomic E-state index is 0.758. The molecule has 2 aromatic carbocycles. The first kappa shape index (κ1) is 14.6. The average Bonchev–Trinajstić information content (AvgIpc) is 2.92. The van der Waals surface area contributed by atoms with Crippen LogP contribution in [0, 0.1) is 6.92 Å². The van der Waals surface area contributed by atoms with Crippen molar-refractivity contribution in [3.63, 3.8) is 0 Å². The molecular formula is C18H19N3S. The van der Waals surface area contributed by atoms with E-state index >= 15 is 0 Å². The Bertz CT molecular complexity index is 765. The van der Waals surface area contributed by atoms with E-state index in [1.807, 2.05) is 30.3 Å². The summed E-state index contributed by atoms with van der Waals surface area (Å²) in [4.78, 5) is 7.00.